The SMILES string of the molecule is CCCOC(N)=NC(C)(C)[NH-].[CH3-].[Mn+2]. The van der Waals surface area contributed by atoms with Crippen LogP contribution in [0.1, 0.15) is 27.2 Å². The molecule has 0 aromatic rings. The third-order valence-electron chi connectivity index (χ3n) is 0.844. The first-order chi connectivity index (χ1) is 4.95. The maximum atomic E-state index is 7.35. The van der Waals surface area contributed by atoms with Crippen LogP contribution in [0.25, 0.3) is 5.73 Å². The Balaban J connectivity index is -0.000000500. The molecule has 4 nitrogen and oxygen atoms in total. The molecule has 0 aliphatic heterocycles. The van der Waals surface area contributed by atoms with Crippen LogP contribution in [0, 0.1) is 7.43 Å². The Labute approximate surface area is 91.6 Å². The van der Waals surface area contributed by atoms with Gasteiger partial charge in [-0.15, -0.1) is 0 Å². The predicted molar refractivity (Wildman–Crippen MR) is 52.7 cm³/mol. The number of amidine groups is 1. The molecule has 0 aromatic heterocycles. The van der Waals surface area contributed by atoms with E-state index in [4.69, 9.17) is 16.2 Å². The number of rotatable bonds is 3. The molecule has 0 amide bonds. The molecular weight excluding hydrogens is 209 g/mol. The minimum atomic E-state index is -0.891. The molecule has 0 spiro atoms. The topological polar surface area (TPSA) is 71.4 Å². The molecule has 0 saturated carbocycles. The van der Waals surface area contributed by atoms with E-state index >= 15 is 0 Å². The summed E-state index contributed by atoms with van der Waals surface area (Å²) in [5.41, 5.74) is 11.8. The van der Waals surface area contributed by atoms with E-state index in [0.29, 0.717) is 6.61 Å². The maximum Gasteiger partial charge on any atom is 2.00 e. The Hall–Kier alpha value is -0.251. The van der Waals surface area contributed by atoms with Gasteiger partial charge in [-0.2, -0.15) is 0 Å². The number of hydrogen-bond donors (Lipinski definition) is 1. The van der Waals surface area contributed by atoms with Crippen LogP contribution in [0.15, 0.2) is 4.99 Å². The Morgan fingerprint density at radius 1 is 1.54 bits per heavy atom. The Morgan fingerprint density at radius 3 is 2.31 bits per heavy atom. The second kappa shape index (κ2) is 8.35. The van der Waals surface area contributed by atoms with Gasteiger partial charge in [0.25, 0.3) is 6.02 Å². The van der Waals surface area contributed by atoms with Gasteiger partial charge in [0.15, 0.2) is 0 Å². The summed E-state index contributed by atoms with van der Waals surface area (Å²) in [6, 6.07) is 0.104. The summed E-state index contributed by atoms with van der Waals surface area (Å²) < 4.78 is 4.97. The first-order valence-electron chi connectivity index (χ1n) is 3.69. The van der Waals surface area contributed by atoms with Crippen molar-refractivity contribution < 1.29 is 21.8 Å². The average molecular weight is 228 g/mol. The molecule has 0 heterocycles. The van der Waals surface area contributed by atoms with Gasteiger partial charge < -0.3 is 23.6 Å². The predicted octanol–water partition coefficient (Wildman–Crippen LogP) is 1.96. The minimum absolute atomic E-state index is 0. The van der Waals surface area contributed by atoms with Crippen LogP contribution >= 0.6 is 0 Å². The van der Waals surface area contributed by atoms with Crippen molar-refractivity contribution >= 4 is 6.02 Å². The van der Waals surface area contributed by atoms with Gasteiger partial charge in [-0.3, -0.25) is 4.99 Å². The number of nitrogens with two attached hydrogens (primary N) is 1. The van der Waals surface area contributed by atoms with Gasteiger partial charge in [-0.05, 0) is 12.1 Å². The summed E-state index contributed by atoms with van der Waals surface area (Å²) >= 11 is 0. The molecule has 0 aromatic carbocycles. The van der Waals surface area contributed by atoms with Crippen LogP contribution in [0.2, 0.25) is 0 Å². The molecule has 0 atom stereocenters. The number of ether oxygens (including phenoxy) is 1. The summed E-state index contributed by atoms with van der Waals surface area (Å²) in [5, 5.41) is 0. The molecule has 13 heavy (non-hydrogen) atoms. The van der Waals surface area contributed by atoms with Gasteiger partial charge >= 0.3 is 17.1 Å². The van der Waals surface area contributed by atoms with E-state index in [2.05, 4.69) is 4.99 Å². The fourth-order valence-electron chi connectivity index (χ4n) is 0.514. The van der Waals surface area contributed by atoms with Crippen molar-refractivity contribution in [3.05, 3.63) is 13.2 Å². The summed E-state index contributed by atoms with van der Waals surface area (Å²) in [6.07, 6.45) is 0.897. The molecule has 0 unspecified atom stereocenters. The van der Waals surface area contributed by atoms with Gasteiger partial charge in [-0.1, -0.05) is 20.8 Å². The number of nitrogens with one attached hydrogen (secondary N) is 1. The molecule has 0 bridgehead atoms. The number of aliphatic imine (C=N–C) groups is 1. The second-order valence-corrected chi connectivity index (χ2v) is 2.86. The van der Waals surface area contributed by atoms with Crippen molar-refractivity contribution in [3.8, 4) is 0 Å². The third-order valence-corrected chi connectivity index (χ3v) is 0.844. The van der Waals surface area contributed by atoms with Crippen molar-refractivity contribution in [1.29, 1.82) is 0 Å². The second-order valence-electron chi connectivity index (χ2n) is 2.86. The van der Waals surface area contributed by atoms with Crippen molar-refractivity contribution in [3.63, 3.8) is 0 Å². The quantitative estimate of drug-likeness (QED) is 0.347. The average Bonchev–Trinajstić information content (AvgIpc) is 1.79. The standard InChI is InChI=1S/C7H16N3O.CH3.Mn/c1-4-5-11-6(8)10-7(2,3)9;;/h9H,4-5H2,1-3H3,(H2,8,10);1H3;/q2*-1;+2. The zero-order chi connectivity index (χ0) is 8.91. The molecule has 0 aliphatic carbocycles. The van der Waals surface area contributed by atoms with E-state index in [1.807, 2.05) is 6.92 Å². The van der Waals surface area contributed by atoms with E-state index < -0.39 is 5.66 Å². The Bertz CT molecular complexity index is 143. The van der Waals surface area contributed by atoms with Crippen molar-refractivity contribution in [2.24, 2.45) is 10.7 Å². The fraction of sp³-hybridized carbons (Fsp3) is 0.750. The molecule has 0 aliphatic rings. The Kier molecular flexibility index (Phi) is 11.9. The smallest absolute Gasteiger partial charge is 0.653 e. The van der Waals surface area contributed by atoms with Gasteiger partial charge in [0.1, 0.15) is 0 Å². The van der Waals surface area contributed by atoms with Crippen LogP contribution in [0.5, 0.6) is 0 Å². The van der Waals surface area contributed by atoms with Gasteiger partial charge in [0, 0.05) is 0 Å². The third kappa shape index (κ3) is 14.6. The Morgan fingerprint density at radius 2 is 2.00 bits per heavy atom. The minimum Gasteiger partial charge on any atom is -0.653 e. The van der Waals surface area contributed by atoms with E-state index in [1.54, 1.807) is 13.8 Å². The largest absolute Gasteiger partial charge is 2.00 e. The monoisotopic (exact) mass is 228 g/mol. The van der Waals surface area contributed by atoms with Crippen LogP contribution in [-0.4, -0.2) is 18.3 Å². The molecule has 0 rings (SSSR count). The summed E-state index contributed by atoms with van der Waals surface area (Å²) in [5.74, 6) is 0. The molecule has 0 fully saturated rings. The molecule has 5 heteroatoms. The zero-order valence-corrected chi connectivity index (χ0v) is 9.91. The van der Waals surface area contributed by atoms with Gasteiger partial charge in [0.05, 0.1) is 6.61 Å². The first-order valence-corrected chi connectivity index (χ1v) is 3.69. The van der Waals surface area contributed by atoms with Gasteiger partial charge in [0.2, 0.25) is 0 Å². The van der Waals surface area contributed by atoms with Gasteiger partial charge in [-0.25, -0.2) is 0 Å². The van der Waals surface area contributed by atoms with E-state index in [0.717, 1.165) is 6.42 Å². The van der Waals surface area contributed by atoms with Crippen LogP contribution in [0.4, 0.5) is 0 Å². The van der Waals surface area contributed by atoms with Crippen LogP contribution in [-0.2, 0) is 21.8 Å². The maximum absolute atomic E-state index is 7.35. The first kappa shape index (κ1) is 18.5. The zero-order valence-electron chi connectivity index (χ0n) is 8.72. The number of hydrogen-bond acceptors (Lipinski definition) is 2. The molecule has 3 N–H and O–H groups in total. The molecule has 79 valence electrons. The van der Waals surface area contributed by atoms with Crippen LogP contribution in [0.3, 0.4) is 0 Å². The fourth-order valence-corrected chi connectivity index (χ4v) is 0.514. The van der Waals surface area contributed by atoms with Crippen molar-refractivity contribution in [2.75, 3.05) is 6.61 Å². The van der Waals surface area contributed by atoms with Crippen LogP contribution < -0.4 is 5.73 Å². The van der Waals surface area contributed by atoms with E-state index in [1.165, 1.54) is 0 Å². The van der Waals surface area contributed by atoms with E-state index in [9.17, 15) is 0 Å². The summed E-state index contributed by atoms with van der Waals surface area (Å²) in [4.78, 5) is 3.79. The summed E-state index contributed by atoms with van der Waals surface area (Å²) in [7, 11) is 0. The van der Waals surface area contributed by atoms with E-state index in [-0.39, 0.29) is 30.5 Å². The van der Waals surface area contributed by atoms with Crippen molar-refractivity contribution in [1.82, 2.24) is 0 Å². The molecule has 1 radical (unpaired) electrons. The van der Waals surface area contributed by atoms with Crippen molar-refractivity contribution in [2.45, 2.75) is 32.9 Å². The number of nitrogens with zero attached hydrogens (tertiary/aromatic N) is 1. The molecular formula is C8H19MnN3O. The molecule has 0 saturated heterocycles. The summed E-state index contributed by atoms with van der Waals surface area (Å²) in [6.45, 7) is 5.84. The normalized spacial score (nSPS) is 11.2.